The molecule has 2 saturated carbocycles. The number of methoxy groups -OCH3 is 1. The third-order valence-electron chi connectivity index (χ3n) is 8.09. The van der Waals surface area contributed by atoms with Gasteiger partial charge in [0.15, 0.2) is 0 Å². The fourth-order valence-electron chi connectivity index (χ4n) is 5.97. The summed E-state index contributed by atoms with van der Waals surface area (Å²) in [6, 6.07) is 4.44. The van der Waals surface area contributed by atoms with Crippen molar-refractivity contribution in [1.82, 2.24) is 9.62 Å². The fraction of sp³-hybridized carbons (Fsp3) is 0.741. The standard InChI is InChI=1S/C27H40F2N2O5S/c1-19-8-9-25(37(33,34)31-16-4-7-23(31)26(32)35-2)24(17-19)36-22-6-3-5-20(18-22)12-15-30-21-10-13-27(28,29)14-11-21/h8-9,17,20-23,30H,3-7,10-16,18H2,1-2H3/t20-,22+,23-/m0/s1. The van der Waals surface area contributed by atoms with Gasteiger partial charge < -0.3 is 14.8 Å². The van der Waals surface area contributed by atoms with Crippen LogP contribution in [0.1, 0.15) is 76.2 Å². The van der Waals surface area contributed by atoms with Crippen LogP contribution in [0.5, 0.6) is 5.75 Å². The van der Waals surface area contributed by atoms with E-state index in [0.717, 1.165) is 44.2 Å². The van der Waals surface area contributed by atoms with E-state index in [4.69, 9.17) is 9.47 Å². The van der Waals surface area contributed by atoms with E-state index in [0.29, 0.717) is 37.4 Å². The zero-order valence-electron chi connectivity index (χ0n) is 21.9. The lowest BCUT2D eigenvalue weighted by Gasteiger charge is -2.32. The maximum atomic E-state index is 13.6. The zero-order valence-corrected chi connectivity index (χ0v) is 22.7. The summed E-state index contributed by atoms with van der Waals surface area (Å²) in [4.78, 5) is 12.3. The number of hydrogen-bond acceptors (Lipinski definition) is 6. The van der Waals surface area contributed by atoms with Crippen molar-refractivity contribution in [3.05, 3.63) is 23.8 Å². The second-order valence-electron chi connectivity index (χ2n) is 10.9. The van der Waals surface area contributed by atoms with Crippen LogP contribution in [-0.4, -0.2) is 63.0 Å². The Kier molecular flexibility index (Phi) is 9.12. The lowest BCUT2D eigenvalue weighted by Crippen LogP contribution is -2.41. The molecule has 3 fully saturated rings. The van der Waals surface area contributed by atoms with Crippen LogP contribution in [0, 0.1) is 12.8 Å². The Balaban J connectivity index is 1.38. The molecule has 37 heavy (non-hydrogen) atoms. The molecule has 1 N–H and O–H groups in total. The predicted octanol–water partition coefficient (Wildman–Crippen LogP) is 4.82. The van der Waals surface area contributed by atoms with Crippen molar-refractivity contribution in [2.75, 3.05) is 20.2 Å². The first-order chi connectivity index (χ1) is 17.6. The van der Waals surface area contributed by atoms with Crippen molar-refractivity contribution in [1.29, 1.82) is 0 Å². The van der Waals surface area contributed by atoms with Gasteiger partial charge in [0, 0.05) is 25.4 Å². The maximum absolute atomic E-state index is 13.6. The highest BCUT2D eigenvalue weighted by atomic mass is 32.2. The number of rotatable bonds is 9. The summed E-state index contributed by atoms with van der Waals surface area (Å²) in [7, 11) is -2.67. The van der Waals surface area contributed by atoms with Gasteiger partial charge in [0.25, 0.3) is 0 Å². The maximum Gasteiger partial charge on any atom is 0.324 e. The van der Waals surface area contributed by atoms with Crippen molar-refractivity contribution < 1.29 is 31.5 Å². The third-order valence-corrected chi connectivity index (χ3v) is 10.0. The van der Waals surface area contributed by atoms with Crippen molar-refractivity contribution in [3.8, 4) is 5.75 Å². The Morgan fingerprint density at radius 3 is 2.62 bits per heavy atom. The number of carbonyl (C=O) groups is 1. The summed E-state index contributed by atoms with van der Waals surface area (Å²) in [5.74, 6) is -2.28. The Morgan fingerprint density at radius 1 is 1.14 bits per heavy atom. The van der Waals surface area contributed by atoms with Gasteiger partial charge in [-0.1, -0.05) is 12.5 Å². The second kappa shape index (κ2) is 11.9. The first-order valence-corrected chi connectivity index (χ1v) is 15.0. The highest BCUT2D eigenvalue weighted by Gasteiger charge is 2.41. The second-order valence-corrected chi connectivity index (χ2v) is 12.8. The summed E-state index contributed by atoms with van der Waals surface area (Å²) in [6.07, 6.45) is 6.59. The molecule has 208 valence electrons. The average molecular weight is 543 g/mol. The van der Waals surface area contributed by atoms with Gasteiger partial charge in [0.05, 0.1) is 13.2 Å². The van der Waals surface area contributed by atoms with Crippen LogP contribution in [0.3, 0.4) is 0 Å². The van der Waals surface area contributed by atoms with Crippen LogP contribution in [0.2, 0.25) is 0 Å². The number of alkyl halides is 2. The van der Waals surface area contributed by atoms with Gasteiger partial charge in [-0.15, -0.1) is 0 Å². The molecule has 0 amide bonds. The highest BCUT2D eigenvalue weighted by Crippen LogP contribution is 2.37. The number of esters is 1. The van der Waals surface area contributed by atoms with Crippen LogP contribution in [0.15, 0.2) is 23.1 Å². The molecule has 7 nitrogen and oxygen atoms in total. The van der Waals surface area contributed by atoms with E-state index in [1.54, 1.807) is 18.2 Å². The van der Waals surface area contributed by atoms with Gasteiger partial charge >= 0.3 is 5.97 Å². The summed E-state index contributed by atoms with van der Waals surface area (Å²) < 4.78 is 66.5. The van der Waals surface area contributed by atoms with E-state index in [2.05, 4.69) is 5.32 Å². The Hall–Kier alpha value is -1.78. The van der Waals surface area contributed by atoms with Gasteiger partial charge in [-0.25, -0.2) is 17.2 Å². The molecule has 1 aliphatic heterocycles. The van der Waals surface area contributed by atoms with Gasteiger partial charge in [0.1, 0.15) is 16.7 Å². The third kappa shape index (κ3) is 7.00. The van der Waals surface area contributed by atoms with Crippen LogP contribution < -0.4 is 10.1 Å². The highest BCUT2D eigenvalue weighted by molar-refractivity contribution is 7.89. The first-order valence-electron chi connectivity index (χ1n) is 13.6. The van der Waals surface area contributed by atoms with Crippen molar-refractivity contribution >= 4 is 16.0 Å². The minimum Gasteiger partial charge on any atom is -0.489 e. The predicted molar refractivity (Wildman–Crippen MR) is 136 cm³/mol. The quantitative estimate of drug-likeness (QED) is 0.451. The number of ether oxygens (including phenoxy) is 2. The van der Waals surface area contributed by atoms with E-state index >= 15 is 0 Å². The first kappa shape index (κ1) is 28.2. The number of benzene rings is 1. The molecular weight excluding hydrogens is 502 g/mol. The summed E-state index contributed by atoms with van der Waals surface area (Å²) in [5, 5.41) is 3.46. The number of sulfonamides is 1. The minimum atomic E-state index is -3.95. The monoisotopic (exact) mass is 542 g/mol. The molecule has 2 aliphatic carbocycles. The van der Waals surface area contributed by atoms with E-state index in [1.165, 1.54) is 11.4 Å². The number of nitrogens with one attached hydrogen (secondary N) is 1. The van der Waals surface area contributed by atoms with Gasteiger partial charge in [-0.2, -0.15) is 4.31 Å². The van der Waals surface area contributed by atoms with Crippen molar-refractivity contribution in [2.24, 2.45) is 5.92 Å². The Bertz CT molecular complexity index is 1040. The number of nitrogens with zero attached hydrogens (tertiary/aromatic N) is 1. The molecule has 0 aromatic heterocycles. The lowest BCUT2D eigenvalue weighted by molar-refractivity contribution is -0.144. The van der Waals surface area contributed by atoms with Crippen molar-refractivity contribution in [2.45, 2.75) is 107 Å². The van der Waals surface area contributed by atoms with Crippen LogP contribution in [-0.2, 0) is 19.6 Å². The molecule has 3 atom stereocenters. The molecule has 4 rings (SSSR count). The molecule has 1 heterocycles. The molecular formula is C27H40F2N2O5S. The van der Waals surface area contributed by atoms with Crippen LogP contribution in [0.25, 0.3) is 0 Å². The largest absolute Gasteiger partial charge is 0.489 e. The topological polar surface area (TPSA) is 84.9 Å². The molecule has 1 aromatic carbocycles. The summed E-state index contributed by atoms with van der Waals surface area (Å²) >= 11 is 0. The van der Waals surface area contributed by atoms with Gasteiger partial charge in [-0.05, 0) is 88.4 Å². The van der Waals surface area contributed by atoms with Crippen LogP contribution >= 0.6 is 0 Å². The number of halogens is 2. The summed E-state index contributed by atoms with van der Waals surface area (Å²) in [5.41, 5.74) is 0.898. The van der Waals surface area contributed by atoms with E-state index < -0.39 is 28.0 Å². The minimum absolute atomic E-state index is 0.0381. The molecule has 0 radical (unpaired) electrons. The molecule has 10 heteroatoms. The SMILES string of the molecule is COC(=O)[C@@H]1CCCN1S(=O)(=O)c1ccc(C)cc1O[C@@H]1CCC[C@@H](CCNC2CCC(F)(F)CC2)C1. The molecule has 0 unspecified atom stereocenters. The van der Waals surface area contributed by atoms with Crippen LogP contribution in [0.4, 0.5) is 8.78 Å². The van der Waals surface area contributed by atoms with E-state index in [1.807, 2.05) is 6.92 Å². The Morgan fingerprint density at radius 2 is 1.89 bits per heavy atom. The number of aryl methyl sites for hydroxylation is 1. The zero-order chi connectivity index (χ0) is 26.6. The smallest absolute Gasteiger partial charge is 0.324 e. The van der Waals surface area contributed by atoms with Crippen molar-refractivity contribution in [3.63, 3.8) is 0 Å². The number of hydrogen-bond donors (Lipinski definition) is 1. The normalized spacial score (nSPS) is 27.2. The Labute approximate surface area is 219 Å². The van der Waals surface area contributed by atoms with Gasteiger partial charge in [-0.3, -0.25) is 4.79 Å². The van der Waals surface area contributed by atoms with E-state index in [9.17, 15) is 22.0 Å². The molecule has 1 aromatic rings. The molecule has 0 spiro atoms. The van der Waals surface area contributed by atoms with Gasteiger partial charge in [0.2, 0.25) is 15.9 Å². The van der Waals surface area contributed by atoms with E-state index in [-0.39, 0.29) is 36.4 Å². The molecule has 1 saturated heterocycles. The lowest BCUT2D eigenvalue weighted by atomic mass is 9.84. The number of carbonyl (C=O) groups excluding carboxylic acids is 1. The average Bonchev–Trinajstić information content (AvgIpc) is 3.36. The molecule has 0 bridgehead atoms. The molecule has 3 aliphatic rings. The fourth-order valence-corrected chi connectivity index (χ4v) is 7.72. The summed E-state index contributed by atoms with van der Waals surface area (Å²) in [6.45, 7) is 2.96.